The van der Waals surface area contributed by atoms with E-state index in [0.29, 0.717) is 5.92 Å². The Morgan fingerprint density at radius 1 is 1.40 bits per heavy atom. The summed E-state index contributed by atoms with van der Waals surface area (Å²) in [4.78, 5) is 2.50. The first-order valence-corrected chi connectivity index (χ1v) is 5.75. The van der Waals surface area contributed by atoms with Gasteiger partial charge in [-0.25, -0.2) is 0 Å². The molecule has 1 unspecified atom stereocenters. The highest BCUT2D eigenvalue weighted by atomic mass is 16.3. The SMILES string of the molecule is Cc1ccc(C(C)CN2CCNCC2)o1. The van der Waals surface area contributed by atoms with Gasteiger partial charge in [-0.3, -0.25) is 0 Å². The third-order valence-corrected chi connectivity index (χ3v) is 2.99. The number of aryl methyl sites for hydroxylation is 1. The molecule has 1 aromatic heterocycles. The summed E-state index contributed by atoms with van der Waals surface area (Å²) in [6.45, 7) is 9.89. The standard InChI is InChI=1S/C12H20N2O/c1-10(12-4-3-11(2)15-12)9-14-7-5-13-6-8-14/h3-4,10,13H,5-9H2,1-2H3. The van der Waals surface area contributed by atoms with E-state index in [4.69, 9.17) is 4.42 Å². The summed E-state index contributed by atoms with van der Waals surface area (Å²) in [6, 6.07) is 4.14. The molecule has 1 aromatic rings. The van der Waals surface area contributed by atoms with Gasteiger partial charge >= 0.3 is 0 Å². The van der Waals surface area contributed by atoms with Crippen LogP contribution < -0.4 is 5.32 Å². The average Bonchev–Trinajstić information content (AvgIpc) is 2.66. The molecule has 2 heterocycles. The molecule has 0 saturated carbocycles. The number of hydrogen-bond donors (Lipinski definition) is 1. The Kier molecular flexibility index (Phi) is 3.44. The molecule has 1 atom stereocenters. The van der Waals surface area contributed by atoms with Gasteiger partial charge in [-0.15, -0.1) is 0 Å². The lowest BCUT2D eigenvalue weighted by Crippen LogP contribution is -2.44. The van der Waals surface area contributed by atoms with Crippen molar-refractivity contribution in [3.05, 3.63) is 23.7 Å². The molecule has 3 heteroatoms. The van der Waals surface area contributed by atoms with Crippen molar-refractivity contribution in [1.82, 2.24) is 10.2 Å². The highest BCUT2D eigenvalue weighted by Gasteiger charge is 2.16. The molecular formula is C12H20N2O. The normalized spacial score (nSPS) is 20.4. The number of rotatable bonds is 3. The molecule has 15 heavy (non-hydrogen) atoms. The van der Waals surface area contributed by atoms with Crippen LogP contribution in [0.3, 0.4) is 0 Å². The number of nitrogens with one attached hydrogen (secondary N) is 1. The fraction of sp³-hybridized carbons (Fsp3) is 0.667. The topological polar surface area (TPSA) is 28.4 Å². The molecule has 1 N–H and O–H groups in total. The van der Waals surface area contributed by atoms with Gasteiger partial charge in [-0.1, -0.05) is 6.92 Å². The molecule has 3 nitrogen and oxygen atoms in total. The van der Waals surface area contributed by atoms with Crippen LogP contribution in [-0.2, 0) is 0 Å². The zero-order valence-electron chi connectivity index (χ0n) is 9.62. The van der Waals surface area contributed by atoms with Crippen LogP contribution in [0.25, 0.3) is 0 Å². The lowest BCUT2D eigenvalue weighted by atomic mass is 10.1. The Hall–Kier alpha value is -0.800. The van der Waals surface area contributed by atoms with Gasteiger partial charge in [-0.05, 0) is 19.1 Å². The van der Waals surface area contributed by atoms with Gasteiger partial charge < -0.3 is 14.6 Å². The zero-order valence-corrected chi connectivity index (χ0v) is 9.62. The molecule has 1 saturated heterocycles. The van der Waals surface area contributed by atoms with Crippen LogP contribution in [0.4, 0.5) is 0 Å². The van der Waals surface area contributed by atoms with Crippen molar-refractivity contribution in [2.45, 2.75) is 19.8 Å². The lowest BCUT2D eigenvalue weighted by Gasteiger charge is -2.29. The maximum atomic E-state index is 5.64. The van der Waals surface area contributed by atoms with Gasteiger partial charge in [0.25, 0.3) is 0 Å². The summed E-state index contributed by atoms with van der Waals surface area (Å²) in [6.07, 6.45) is 0. The second kappa shape index (κ2) is 4.81. The Morgan fingerprint density at radius 3 is 2.73 bits per heavy atom. The summed E-state index contributed by atoms with van der Waals surface area (Å²) in [5.74, 6) is 2.62. The van der Waals surface area contributed by atoms with E-state index < -0.39 is 0 Å². The van der Waals surface area contributed by atoms with E-state index >= 15 is 0 Å². The second-order valence-electron chi connectivity index (χ2n) is 4.40. The fourth-order valence-electron chi connectivity index (χ4n) is 2.09. The van der Waals surface area contributed by atoms with Crippen molar-refractivity contribution in [2.75, 3.05) is 32.7 Å². The van der Waals surface area contributed by atoms with E-state index in [1.165, 1.54) is 0 Å². The first-order valence-electron chi connectivity index (χ1n) is 5.75. The minimum Gasteiger partial charge on any atom is -0.466 e. The maximum Gasteiger partial charge on any atom is 0.108 e. The van der Waals surface area contributed by atoms with Crippen LogP contribution in [0.2, 0.25) is 0 Å². The van der Waals surface area contributed by atoms with Crippen LogP contribution in [0.1, 0.15) is 24.4 Å². The van der Waals surface area contributed by atoms with Crippen molar-refractivity contribution < 1.29 is 4.42 Å². The predicted molar refractivity (Wildman–Crippen MR) is 61.2 cm³/mol. The van der Waals surface area contributed by atoms with Gasteiger partial charge in [-0.2, -0.15) is 0 Å². The molecule has 0 amide bonds. The summed E-state index contributed by atoms with van der Waals surface area (Å²) in [7, 11) is 0. The minimum atomic E-state index is 0.497. The van der Waals surface area contributed by atoms with E-state index in [1.807, 2.05) is 13.0 Å². The second-order valence-corrected chi connectivity index (χ2v) is 4.40. The van der Waals surface area contributed by atoms with E-state index in [1.54, 1.807) is 0 Å². The monoisotopic (exact) mass is 208 g/mol. The third-order valence-electron chi connectivity index (χ3n) is 2.99. The summed E-state index contributed by atoms with van der Waals surface area (Å²) in [5, 5.41) is 3.37. The van der Waals surface area contributed by atoms with E-state index in [0.717, 1.165) is 44.2 Å². The maximum absolute atomic E-state index is 5.64. The van der Waals surface area contributed by atoms with Crippen molar-refractivity contribution in [1.29, 1.82) is 0 Å². The smallest absolute Gasteiger partial charge is 0.108 e. The third kappa shape index (κ3) is 2.83. The van der Waals surface area contributed by atoms with Crippen molar-refractivity contribution in [2.24, 2.45) is 0 Å². The molecule has 0 spiro atoms. The Balaban J connectivity index is 1.88. The predicted octanol–water partition coefficient (Wildman–Crippen LogP) is 1.60. The largest absolute Gasteiger partial charge is 0.466 e. The first kappa shape index (κ1) is 10.7. The van der Waals surface area contributed by atoms with E-state index in [-0.39, 0.29) is 0 Å². The molecule has 2 rings (SSSR count). The van der Waals surface area contributed by atoms with E-state index in [9.17, 15) is 0 Å². The summed E-state index contributed by atoms with van der Waals surface area (Å²) < 4.78 is 5.64. The molecule has 1 aliphatic heterocycles. The van der Waals surface area contributed by atoms with Crippen LogP contribution in [0.15, 0.2) is 16.5 Å². The highest BCUT2D eigenvalue weighted by Crippen LogP contribution is 2.19. The Labute approximate surface area is 91.4 Å². The van der Waals surface area contributed by atoms with Gasteiger partial charge in [0.2, 0.25) is 0 Å². The number of furan rings is 1. The van der Waals surface area contributed by atoms with E-state index in [2.05, 4.69) is 23.2 Å². The molecule has 84 valence electrons. The summed E-state index contributed by atoms with van der Waals surface area (Å²) in [5.41, 5.74) is 0. The minimum absolute atomic E-state index is 0.497. The van der Waals surface area contributed by atoms with Gasteiger partial charge in [0.15, 0.2) is 0 Å². The molecule has 1 fully saturated rings. The van der Waals surface area contributed by atoms with Crippen LogP contribution in [0, 0.1) is 6.92 Å². The first-order chi connectivity index (χ1) is 7.25. The molecule has 1 aliphatic rings. The van der Waals surface area contributed by atoms with Gasteiger partial charge in [0, 0.05) is 38.6 Å². The zero-order chi connectivity index (χ0) is 10.7. The van der Waals surface area contributed by atoms with Gasteiger partial charge in [0.05, 0.1) is 0 Å². The van der Waals surface area contributed by atoms with Crippen molar-refractivity contribution in [3.8, 4) is 0 Å². The molecule has 0 bridgehead atoms. The quantitative estimate of drug-likeness (QED) is 0.818. The number of piperazine rings is 1. The van der Waals surface area contributed by atoms with Crippen LogP contribution in [0.5, 0.6) is 0 Å². The Morgan fingerprint density at radius 2 is 2.13 bits per heavy atom. The Bertz CT molecular complexity index is 302. The van der Waals surface area contributed by atoms with Gasteiger partial charge in [0.1, 0.15) is 11.5 Å². The molecule has 0 aromatic carbocycles. The van der Waals surface area contributed by atoms with Crippen LogP contribution >= 0.6 is 0 Å². The lowest BCUT2D eigenvalue weighted by molar-refractivity contribution is 0.223. The summed E-state index contributed by atoms with van der Waals surface area (Å²) >= 11 is 0. The number of hydrogen-bond acceptors (Lipinski definition) is 3. The highest BCUT2D eigenvalue weighted by molar-refractivity contribution is 5.10. The number of nitrogens with zero attached hydrogens (tertiary/aromatic N) is 1. The fourth-order valence-corrected chi connectivity index (χ4v) is 2.09. The average molecular weight is 208 g/mol. The van der Waals surface area contributed by atoms with Crippen molar-refractivity contribution >= 4 is 0 Å². The molecule has 0 radical (unpaired) electrons. The van der Waals surface area contributed by atoms with Crippen LogP contribution in [-0.4, -0.2) is 37.6 Å². The molecular weight excluding hydrogens is 188 g/mol. The molecule has 0 aliphatic carbocycles. The van der Waals surface area contributed by atoms with Crippen molar-refractivity contribution in [3.63, 3.8) is 0 Å².